The summed E-state index contributed by atoms with van der Waals surface area (Å²) >= 11 is 0. The predicted molar refractivity (Wildman–Crippen MR) is 62.3 cm³/mol. The molecule has 0 saturated carbocycles. The number of aromatic nitrogens is 2. The van der Waals surface area contributed by atoms with Crippen molar-refractivity contribution in [3.05, 3.63) is 35.8 Å². The third-order valence-electron chi connectivity index (χ3n) is 2.44. The summed E-state index contributed by atoms with van der Waals surface area (Å²) < 4.78 is 1.95. The lowest BCUT2D eigenvalue weighted by atomic mass is 10.3. The number of nitrogens with one attached hydrogen (secondary N) is 1. The maximum absolute atomic E-state index is 11.4. The Labute approximate surface area is 94.3 Å². The molecular formula is C12H15N3O. The second-order valence-electron chi connectivity index (χ2n) is 3.78. The molecule has 0 unspecified atom stereocenters. The fourth-order valence-electron chi connectivity index (χ4n) is 1.71. The van der Waals surface area contributed by atoms with Crippen LogP contribution in [0.4, 0.5) is 0 Å². The van der Waals surface area contributed by atoms with Gasteiger partial charge in [-0.25, -0.2) is 4.98 Å². The molecule has 4 heteroatoms. The monoisotopic (exact) mass is 217 g/mol. The van der Waals surface area contributed by atoms with Crippen LogP contribution in [-0.4, -0.2) is 21.8 Å². The number of aryl methyl sites for hydroxylation is 1. The van der Waals surface area contributed by atoms with Gasteiger partial charge in [0.15, 0.2) is 0 Å². The summed E-state index contributed by atoms with van der Waals surface area (Å²) in [5.41, 5.74) is 2.84. The van der Waals surface area contributed by atoms with Gasteiger partial charge in [-0.2, -0.15) is 0 Å². The summed E-state index contributed by atoms with van der Waals surface area (Å²) in [5.74, 6) is 0.0172. The second-order valence-corrected chi connectivity index (χ2v) is 3.78. The Bertz CT molecular complexity index is 516. The molecule has 0 atom stereocenters. The first-order chi connectivity index (χ1) is 7.70. The highest BCUT2D eigenvalue weighted by Gasteiger charge is 2.07. The van der Waals surface area contributed by atoms with Crippen molar-refractivity contribution in [2.45, 2.75) is 20.3 Å². The average molecular weight is 217 g/mol. The van der Waals surface area contributed by atoms with Crippen LogP contribution in [-0.2, 0) is 11.2 Å². The summed E-state index contributed by atoms with van der Waals surface area (Å²) in [6.07, 6.45) is 4.18. The van der Waals surface area contributed by atoms with Crippen molar-refractivity contribution in [3.8, 4) is 0 Å². The number of nitrogens with zero attached hydrogens (tertiary/aromatic N) is 2. The molecule has 0 aromatic carbocycles. The fourth-order valence-corrected chi connectivity index (χ4v) is 1.71. The van der Waals surface area contributed by atoms with Gasteiger partial charge in [-0.3, -0.25) is 4.79 Å². The van der Waals surface area contributed by atoms with Gasteiger partial charge in [0, 0.05) is 18.9 Å². The summed E-state index contributed by atoms with van der Waals surface area (Å²) in [5, 5.41) is 2.76. The standard InChI is InChI=1S/C12H15N3O/c1-3-13-11(16)7-10-8-15-6-4-5-9(2)12(15)14-10/h4-6,8H,3,7H2,1-2H3,(H,13,16). The Morgan fingerprint density at radius 1 is 1.56 bits per heavy atom. The number of fused-ring (bicyclic) bond motifs is 1. The Morgan fingerprint density at radius 3 is 3.06 bits per heavy atom. The van der Waals surface area contributed by atoms with Crippen molar-refractivity contribution in [1.29, 1.82) is 0 Å². The molecule has 1 N–H and O–H groups in total. The van der Waals surface area contributed by atoms with Crippen molar-refractivity contribution in [2.75, 3.05) is 6.54 Å². The van der Waals surface area contributed by atoms with Gasteiger partial charge in [-0.1, -0.05) is 6.07 Å². The molecule has 0 aliphatic rings. The van der Waals surface area contributed by atoms with E-state index in [1.165, 1.54) is 0 Å². The van der Waals surface area contributed by atoms with E-state index in [9.17, 15) is 4.79 Å². The SMILES string of the molecule is CCNC(=O)Cc1cn2cccc(C)c2n1. The summed E-state index contributed by atoms with van der Waals surface area (Å²) in [6.45, 7) is 4.58. The first-order valence-corrected chi connectivity index (χ1v) is 5.40. The molecule has 0 spiro atoms. The van der Waals surface area contributed by atoms with Gasteiger partial charge in [0.25, 0.3) is 0 Å². The van der Waals surface area contributed by atoms with Gasteiger partial charge >= 0.3 is 0 Å². The Hall–Kier alpha value is -1.84. The smallest absolute Gasteiger partial charge is 0.226 e. The van der Waals surface area contributed by atoms with Crippen molar-refractivity contribution in [3.63, 3.8) is 0 Å². The van der Waals surface area contributed by atoms with E-state index in [2.05, 4.69) is 10.3 Å². The molecule has 1 amide bonds. The molecule has 0 aliphatic heterocycles. The average Bonchev–Trinajstić information content (AvgIpc) is 2.62. The summed E-state index contributed by atoms with van der Waals surface area (Å²) in [7, 11) is 0. The number of amides is 1. The maximum atomic E-state index is 11.4. The van der Waals surface area contributed by atoms with Gasteiger partial charge in [-0.05, 0) is 25.5 Å². The van der Waals surface area contributed by atoms with Crippen LogP contribution in [0.1, 0.15) is 18.2 Å². The van der Waals surface area contributed by atoms with Crippen LogP contribution in [0.25, 0.3) is 5.65 Å². The lowest BCUT2D eigenvalue weighted by molar-refractivity contribution is -0.120. The molecule has 0 bridgehead atoms. The Morgan fingerprint density at radius 2 is 2.38 bits per heavy atom. The van der Waals surface area contributed by atoms with E-state index in [0.29, 0.717) is 13.0 Å². The first kappa shape index (κ1) is 10.7. The molecular weight excluding hydrogens is 202 g/mol. The zero-order valence-corrected chi connectivity index (χ0v) is 9.53. The van der Waals surface area contributed by atoms with Crippen LogP contribution in [0, 0.1) is 6.92 Å². The van der Waals surface area contributed by atoms with Crippen molar-refractivity contribution < 1.29 is 4.79 Å². The highest BCUT2D eigenvalue weighted by molar-refractivity contribution is 5.78. The third kappa shape index (κ3) is 2.05. The number of likely N-dealkylation sites (N-methyl/N-ethyl adjacent to an activating group) is 1. The predicted octanol–water partition coefficient (Wildman–Crippen LogP) is 1.32. The van der Waals surface area contributed by atoms with E-state index in [-0.39, 0.29) is 5.91 Å². The molecule has 2 rings (SSSR count). The molecule has 2 aromatic heterocycles. The number of hydrogen-bond donors (Lipinski definition) is 1. The molecule has 16 heavy (non-hydrogen) atoms. The van der Waals surface area contributed by atoms with Crippen LogP contribution in [0.2, 0.25) is 0 Å². The van der Waals surface area contributed by atoms with Gasteiger partial charge in [0.2, 0.25) is 5.91 Å². The Kier molecular flexibility index (Phi) is 2.90. The van der Waals surface area contributed by atoms with Crippen LogP contribution < -0.4 is 5.32 Å². The van der Waals surface area contributed by atoms with E-state index in [1.807, 2.05) is 42.8 Å². The van der Waals surface area contributed by atoms with E-state index in [0.717, 1.165) is 16.9 Å². The van der Waals surface area contributed by atoms with E-state index in [4.69, 9.17) is 0 Å². The molecule has 2 heterocycles. The van der Waals surface area contributed by atoms with Gasteiger partial charge in [0.05, 0.1) is 12.1 Å². The largest absolute Gasteiger partial charge is 0.356 e. The molecule has 0 saturated heterocycles. The second kappa shape index (κ2) is 4.35. The highest BCUT2D eigenvalue weighted by Crippen LogP contribution is 2.10. The fraction of sp³-hybridized carbons (Fsp3) is 0.333. The minimum absolute atomic E-state index is 0.0172. The van der Waals surface area contributed by atoms with Crippen molar-refractivity contribution in [2.24, 2.45) is 0 Å². The maximum Gasteiger partial charge on any atom is 0.226 e. The Balaban J connectivity index is 2.26. The molecule has 0 fully saturated rings. The molecule has 84 valence electrons. The summed E-state index contributed by atoms with van der Waals surface area (Å²) in [4.78, 5) is 15.9. The van der Waals surface area contributed by atoms with E-state index in [1.54, 1.807) is 0 Å². The quantitative estimate of drug-likeness (QED) is 0.842. The molecule has 0 aliphatic carbocycles. The number of rotatable bonds is 3. The number of carbonyl (C=O) groups is 1. The minimum Gasteiger partial charge on any atom is -0.356 e. The van der Waals surface area contributed by atoms with Gasteiger partial charge < -0.3 is 9.72 Å². The number of imidazole rings is 1. The van der Waals surface area contributed by atoms with Crippen molar-refractivity contribution in [1.82, 2.24) is 14.7 Å². The topological polar surface area (TPSA) is 46.4 Å². The van der Waals surface area contributed by atoms with Crippen molar-refractivity contribution >= 4 is 11.6 Å². The van der Waals surface area contributed by atoms with Crippen LogP contribution >= 0.6 is 0 Å². The van der Waals surface area contributed by atoms with E-state index >= 15 is 0 Å². The summed E-state index contributed by atoms with van der Waals surface area (Å²) in [6, 6.07) is 3.98. The minimum atomic E-state index is 0.0172. The number of carbonyl (C=O) groups excluding carboxylic acids is 1. The highest BCUT2D eigenvalue weighted by atomic mass is 16.1. The van der Waals surface area contributed by atoms with Crippen LogP contribution in [0.5, 0.6) is 0 Å². The van der Waals surface area contributed by atoms with Crippen LogP contribution in [0.3, 0.4) is 0 Å². The number of pyridine rings is 1. The first-order valence-electron chi connectivity index (χ1n) is 5.40. The zero-order valence-electron chi connectivity index (χ0n) is 9.53. The van der Waals surface area contributed by atoms with Gasteiger partial charge in [0.1, 0.15) is 5.65 Å². The lowest BCUT2D eigenvalue weighted by Gasteiger charge is -1.97. The number of hydrogen-bond acceptors (Lipinski definition) is 2. The van der Waals surface area contributed by atoms with Crippen LogP contribution in [0.15, 0.2) is 24.5 Å². The lowest BCUT2D eigenvalue weighted by Crippen LogP contribution is -2.24. The molecule has 4 nitrogen and oxygen atoms in total. The zero-order chi connectivity index (χ0) is 11.5. The van der Waals surface area contributed by atoms with Gasteiger partial charge in [-0.15, -0.1) is 0 Å². The third-order valence-corrected chi connectivity index (χ3v) is 2.44. The van der Waals surface area contributed by atoms with E-state index < -0.39 is 0 Å². The molecule has 0 radical (unpaired) electrons. The normalized spacial score (nSPS) is 10.6. The molecule has 2 aromatic rings.